The van der Waals surface area contributed by atoms with Gasteiger partial charge in [-0.3, -0.25) is 9.59 Å². The predicted octanol–water partition coefficient (Wildman–Crippen LogP) is 2.14. The van der Waals surface area contributed by atoms with Crippen molar-refractivity contribution >= 4 is 23.4 Å². The van der Waals surface area contributed by atoms with Crippen LogP contribution in [-0.4, -0.2) is 35.9 Å². The second kappa shape index (κ2) is 7.01. The summed E-state index contributed by atoms with van der Waals surface area (Å²) in [6.45, 7) is 4.70. The van der Waals surface area contributed by atoms with E-state index in [-0.39, 0.29) is 17.7 Å². The lowest BCUT2D eigenvalue weighted by Crippen LogP contribution is -2.46. The van der Waals surface area contributed by atoms with E-state index in [0.717, 1.165) is 5.56 Å². The number of primary amides is 1. The number of amides is 2. The van der Waals surface area contributed by atoms with Crippen LogP contribution in [0.1, 0.15) is 25.3 Å². The fourth-order valence-electron chi connectivity index (χ4n) is 2.58. The van der Waals surface area contributed by atoms with Gasteiger partial charge in [0.25, 0.3) is 5.91 Å². The molecular formula is C16H21ClN2O3. The van der Waals surface area contributed by atoms with Crippen molar-refractivity contribution in [1.82, 2.24) is 4.90 Å². The molecule has 1 aliphatic heterocycles. The number of nitrogens with zero attached hydrogens (tertiary/aromatic N) is 1. The van der Waals surface area contributed by atoms with E-state index in [9.17, 15) is 9.59 Å². The van der Waals surface area contributed by atoms with Crippen LogP contribution in [0.25, 0.3) is 0 Å². The molecule has 120 valence electrons. The molecule has 2 amide bonds. The van der Waals surface area contributed by atoms with Crippen LogP contribution in [0.4, 0.5) is 0 Å². The van der Waals surface area contributed by atoms with Crippen molar-refractivity contribution in [2.24, 2.45) is 11.7 Å². The molecule has 1 atom stereocenters. The van der Waals surface area contributed by atoms with Gasteiger partial charge in [0.2, 0.25) is 5.91 Å². The van der Waals surface area contributed by atoms with Gasteiger partial charge in [0.1, 0.15) is 5.75 Å². The first-order valence-corrected chi connectivity index (χ1v) is 7.77. The van der Waals surface area contributed by atoms with Gasteiger partial charge in [-0.15, -0.1) is 0 Å². The van der Waals surface area contributed by atoms with E-state index in [1.807, 2.05) is 19.1 Å². The molecule has 1 saturated heterocycles. The fraction of sp³-hybridized carbons (Fsp3) is 0.500. The Bertz CT molecular complexity index is 569. The average molecular weight is 325 g/mol. The van der Waals surface area contributed by atoms with Crippen molar-refractivity contribution in [3.63, 3.8) is 0 Å². The van der Waals surface area contributed by atoms with E-state index >= 15 is 0 Å². The first kappa shape index (κ1) is 16.6. The summed E-state index contributed by atoms with van der Waals surface area (Å²) >= 11 is 6.08. The van der Waals surface area contributed by atoms with Gasteiger partial charge in [0.15, 0.2) is 6.10 Å². The molecule has 0 spiro atoms. The van der Waals surface area contributed by atoms with Crippen molar-refractivity contribution in [1.29, 1.82) is 0 Å². The number of piperidine rings is 1. The molecular weight excluding hydrogens is 304 g/mol. The molecule has 5 nitrogen and oxygen atoms in total. The summed E-state index contributed by atoms with van der Waals surface area (Å²) in [7, 11) is 0. The number of ether oxygens (including phenoxy) is 1. The van der Waals surface area contributed by atoms with Crippen LogP contribution >= 0.6 is 11.6 Å². The number of carbonyl (C=O) groups is 2. The number of carbonyl (C=O) groups excluding carboxylic acids is 2. The summed E-state index contributed by atoms with van der Waals surface area (Å²) < 4.78 is 5.70. The minimum absolute atomic E-state index is 0.0968. The van der Waals surface area contributed by atoms with Gasteiger partial charge in [-0.1, -0.05) is 17.7 Å². The Balaban J connectivity index is 1.95. The highest BCUT2D eigenvalue weighted by molar-refractivity contribution is 6.32. The van der Waals surface area contributed by atoms with Crippen LogP contribution in [-0.2, 0) is 9.59 Å². The Morgan fingerprint density at radius 1 is 1.36 bits per heavy atom. The van der Waals surface area contributed by atoms with E-state index in [2.05, 4.69) is 0 Å². The number of rotatable bonds is 4. The molecule has 1 heterocycles. The maximum atomic E-state index is 12.4. The highest BCUT2D eigenvalue weighted by Gasteiger charge is 2.29. The van der Waals surface area contributed by atoms with Crippen molar-refractivity contribution in [2.45, 2.75) is 32.8 Å². The molecule has 2 N–H and O–H groups in total. The third-order valence-corrected chi connectivity index (χ3v) is 4.26. The maximum Gasteiger partial charge on any atom is 0.263 e. The number of benzene rings is 1. The van der Waals surface area contributed by atoms with Gasteiger partial charge in [0.05, 0.1) is 5.02 Å². The Morgan fingerprint density at radius 2 is 2.00 bits per heavy atom. The number of nitrogens with two attached hydrogens (primary N) is 1. The van der Waals surface area contributed by atoms with E-state index in [0.29, 0.717) is 36.7 Å². The molecule has 6 heteroatoms. The zero-order valence-corrected chi connectivity index (χ0v) is 13.6. The fourth-order valence-corrected chi connectivity index (χ4v) is 2.75. The smallest absolute Gasteiger partial charge is 0.263 e. The van der Waals surface area contributed by atoms with Crippen molar-refractivity contribution in [3.05, 3.63) is 28.8 Å². The van der Waals surface area contributed by atoms with Crippen LogP contribution in [0.5, 0.6) is 5.75 Å². The highest BCUT2D eigenvalue weighted by Crippen LogP contribution is 2.27. The van der Waals surface area contributed by atoms with E-state index in [1.54, 1.807) is 17.9 Å². The van der Waals surface area contributed by atoms with Crippen LogP contribution in [0, 0.1) is 12.8 Å². The first-order valence-electron chi connectivity index (χ1n) is 7.39. The Kier molecular flexibility index (Phi) is 5.29. The average Bonchev–Trinajstić information content (AvgIpc) is 2.50. The van der Waals surface area contributed by atoms with Gasteiger partial charge in [-0.05, 0) is 44.4 Å². The number of likely N-dealkylation sites (tertiary alicyclic amines) is 1. The number of aryl methyl sites for hydroxylation is 1. The third kappa shape index (κ3) is 3.91. The lowest BCUT2D eigenvalue weighted by atomic mass is 9.96. The van der Waals surface area contributed by atoms with E-state index in [4.69, 9.17) is 22.1 Å². The molecule has 2 rings (SSSR count). The minimum atomic E-state index is -0.621. The zero-order valence-electron chi connectivity index (χ0n) is 12.8. The van der Waals surface area contributed by atoms with Crippen LogP contribution in [0.3, 0.4) is 0 Å². The largest absolute Gasteiger partial charge is 0.479 e. The molecule has 0 aromatic heterocycles. The lowest BCUT2D eigenvalue weighted by molar-refractivity contribution is -0.140. The molecule has 0 unspecified atom stereocenters. The Labute approximate surface area is 135 Å². The molecule has 0 saturated carbocycles. The predicted molar refractivity (Wildman–Crippen MR) is 84.8 cm³/mol. The SMILES string of the molecule is Cc1ccc(Cl)c(O[C@@H](C)C(=O)N2CCC(C(N)=O)CC2)c1. The van der Waals surface area contributed by atoms with E-state index < -0.39 is 6.10 Å². The number of hydrogen-bond donors (Lipinski definition) is 1. The molecule has 1 aromatic carbocycles. The maximum absolute atomic E-state index is 12.4. The molecule has 1 aromatic rings. The van der Waals surface area contributed by atoms with Gasteiger partial charge in [-0.25, -0.2) is 0 Å². The summed E-state index contributed by atoms with van der Waals surface area (Å²) in [6.07, 6.45) is 0.599. The summed E-state index contributed by atoms with van der Waals surface area (Å²) in [5.74, 6) is -0.00976. The van der Waals surface area contributed by atoms with Crippen molar-refractivity contribution in [3.8, 4) is 5.75 Å². The molecule has 0 radical (unpaired) electrons. The lowest BCUT2D eigenvalue weighted by Gasteiger charge is -2.32. The second-order valence-corrected chi connectivity index (χ2v) is 6.10. The normalized spacial score (nSPS) is 17.1. The van der Waals surface area contributed by atoms with Gasteiger partial charge in [-0.2, -0.15) is 0 Å². The zero-order chi connectivity index (χ0) is 16.3. The summed E-state index contributed by atoms with van der Waals surface area (Å²) in [6, 6.07) is 5.45. The molecule has 0 bridgehead atoms. The van der Waals surface area contributed by atoms with E-state index in [1.165, 1.54) is 0 Å². The topological polar surface area (TPSA) is 72.6 Å². The van der Waals surface area contributed by atoms with Crippen molar-refractivity contribution < 1.29 is 14.3 Å². The van der Waals surface area contributed by atoms with Crippen LogP contribution < -0.4 is 10.5 Å². The summed E-state index contributed by atoms with van der Waals surface area (Å²) in [5, 5.41) is 0.484. The van der Waals surface area contributed by atoms with Gasteiger partial charge < -0.3 is 15.4 Å². The monoisotopic (exact) mass is 324 g/mol. The number of halogens is 1. The highest BCUT2D eigenvalue weighted by atomic mass is 35.5. The molecule has 22 heavy (non-hydrogen) atoms. The van der Waals surface area contributed by atoms with Gasteiger partial charge in [0, 0.05) is 19.0 Å². The number of hydrogen-bond acceptors (Lipinski definition) is 3. The quantitative estimate of drug-likeness (QED) is 0.922. The summed E-state index contributed by atoms with van der Waals surface area (Å²) in [5.41, 5.74) is 6.31. The van der Waals surface area contributed by atoms with Crippen LogP contribution in [0.2, 0.25) is 5.02 Å². The van der Waals surface area contributed by atoms with Crippen molar-refractivity contribution in [2.75, 3.05) is 13.1 Å². The summed E-state index contributed by atoms with van der Waals surface area (Å²) in [4.78, 5) is 25.3. The minimum Gasteiger partial charge on any atom is -0.479 e. The third-order valence-electron chi connectivity index (χ3n) is 3.95. The second-order valence-electron chi connectivity index (χ2n) is 5.70. The Hall–Kier alpha value is -1.75. The van der Waals surface area contributed by atoms with Crippen LogP contribution in [0.15, 0.2) is 18.2 Å². The Morgan fingerprint density at radius 3 is 2.59 bits per heavy atom. The standard InChI is InChI=1S/C16H21ClN2O3/c1-10-3-4-13(17)14(9-10)22-11(2)16(21)19-7-5-12(6-8-19)15(18)20/h3-4,9,11-12H,5-8H2,1-2H3,(H2,18,20)/t11-/m0/s1. The molecule has 1 aliphatic rings. The molecule has 1 fully saturated rings. The first-order chi connectivity index (χ1) is 10.4. The molecule has 0 aliphatic carbocycles. The van der Waals surface area contributed by atoms with Gasteiger partial charge >= 0.3 is 0 Å².